The Labute approximate surface area is 310 Å². The molecular weight excluding hydrogens is 676 g/mol. The van der Waals surface area contributed by atoms with Crippen molar-refractivity contribution in [2.24, 2.45) is 0 Å². The number of pyridine rings is 2. The van der Waals surface area contributed by atoms with Crippen LogP contribution in [-0.2, 0) is 27.2 Å². The van der Waals surface area contributed by atoms with Crippen LogP contribution in [0.25, 0.3) is 10.9 Å². The van der Waals surface area contributed by atoms with Crippen molar-refractivity contribution in [3.8, 4) is 11.5 Å². The van der Waals surface area contributed by atoms with Crippen LogP contribution in [0.3, 0.4) is 0 Å². The van der Waals surface area contributed by atoms with Gasteiger partial charge >= 0.3 is 0 Å². The lowest BCUT2D eigenvalue weighted by Gasteiger charge is -2.47. The number of aromatic hydroxyl groups is 1. The van der Waals surface area contributed by atoms with E-state index in [4.69, 9.17) is 14.2 Å². The molecule has 1 atom stereocenters. The summed E-state index contributed by atoms with van der Waals surface area (Å²) in [5.74, 6) is 1.70. The summed E-state index contributed by atoms with van der Waals surface area (Å²) in [4.78, 5) is 38.0. The molecule has 0 saturated carbocycles. The summed E-state index contributed by atoms with van der Waals surface area (Å²) >= 11 is 0. The number of amides is 1. The lowest BCUT2D eigenvalue weighted by atomic mass is 9.89. The molecule has 2 aromatic heterocycles. The highest BCUT2D eigenvalue weighted by Crippen LogP contribution is 2.33. The summed E-state index contributed by atoms with van der Waals surface area (Å²) in [6, 6.07) is 18.6. The van der Waals surface area contributed by atoms with Gasteiger partial charge in [0.05, 0.1) is 50.6 Å². The van der Waals surface area contributed by atoms with Gasteiger partial charge in [0, 0.05) is 83.1 Å². The van der Waals surface area contributed by atoms with E-state index in [0.717, 1.165) is 63.6 Å². The van der Waals surface area contributed by atoms with E-state index in [1.54, 1.807) is 37.4 Å². The molecule has 284 valence electrons. The van der Waals surface area contributed by atoms with Gasteiger partial charge in [-0.1, -0.05) is 30.3 Å². The fourth-order valence-electron chi connectivity index (χ4n) is 7.22. The summed E-state index contributed by atoms with van der Waals surface area (Å²) in [6.07, 6.45) is 3.99. The average Bonchev–Trinajstić information content (AvgIpc) is 3.17. The van der Waals surface area contributed by atoms with Crippen molar-refractivity contribution in [2.75, 3.05) is 84.7 Å². The predicted molar refractivity (Wildman–Crippen MR) is 203 cm³/mol. The molecule has 4 N–H and O–H groups in total. The number of methoxy groups -OCH3 is 1. The van der Waals surface area contributed by atoms with Gasteiger partial charge in [0.25, 0.3) is 0 Å². The Morgan fingerprint density at radius 2 is 1.92 bits per heavy atom. The highest BCUT2D eigenvalue weighted by atomic mass is 16.5. The Morgan fingerprint density at radius 3 is 2.75 bits per heavy atom. The number of H-pyrrole nitrogens is 1. The van der Waals surface area contributed by atoms with Crippen molar-refractivity contribution in [1.29, 1.82) is 0 Å². The lowest BCUT2D eigenvalue weighted by Crippen LogP contribution is -2.57. The number of phenols is 1. The smallest absolute Gasteiger partial charge is 0.248 e. The first-order valence-corrected chi connectivity index (χ1v) is 18.5. The standard InChI is InChI=1S/C40H52N6O7/c1-44(19-16-41-26-35(48)32-6-8-34(47)39-33(32)7-9-37(49)43-39)38(50)12-22-52-21-11-29-4-3-5-30(24-29)27-45-17-13-40(14-18-45)28-46(20-23-53-40)36-25-31(51-2)10-15-42-36/h3-10,15,24-25,35,41,47-48H,11-14,16-23,26-28H2,1-2H3,(H,43,49). The molecule has 2 aromatic carbocycles. The number of aliphatic hydroxyl groups is 1. The minimum absolute atomic E-state index is 0.00515. The maximum Gasteiger partial charge on any atom is 0.248 e. The number of nitrogens with one attached hydrogen (secondary N) is 2. The topological polar surface area (TPSA) is 153 Å². The molecule has 2 aliphatic heterocycles. The average molecular weight is 729 g/mol. The van der Waals surface area contributed by atoms with Gasteiger partial charge in [0.15, 0.2) is 0 Å². The molecule has 0 aliphatic carbocycles. The molecule has 6 rings (SSSR count). The van der Waals surface area contributed by atoms with Gasteiger partial charge in [0.1, 0.15) is 17.3 Å². The third-order valence-corrected chi connectivity index (χ3v) is 10.3. The fraction of sp³-hybridized carbons (Fsp3) is 0.475. The van der Waals surface area contributed by atoms with Crippen molar-refractivity contribution >= 4 is 22.6 Å². The van der Waals surface area contributed by atoms with Crippen molar-refractivity contribution in [2.45, 2.75) is 43.9 Å². The Kier molecular flexibility index (Phi) is 13.0. The third kappa shape index (κ3) is 10.1. The van der Waals surface area contributed by atoms with E-state index >= 15 is 0 Å². The number of benzene rings is 2. The zero-order valence-electron chi connectivity index (χ0n) is 30.8. The number of anilines is 1. The summed E-state index contributed by atoms with van der Waals surface area (Å²) in [5.41, 5.74) is 2.92. The Morgan fingerprint density at radius 1 is 1.09 bits per heavy atom. The number of likely N-dealkylation sites (N-methyl/N-ethyl adjacent to an activating group) is 1. The molecule has 2 fully saturated rings. The van der Waals surface area contributed by atoms with Crippen molar-refractivity contribution in [3.63, 3.8) is 0 Å². The predicted octanol–water partition coefficient (Wildman–Crippen LogP) is 3.24. The van der Waals surface area contributed by atoms with Crippen molar-refractivity contribution in [3.05, 3.63) is 93.9 Å². The Balaban J connectivity index is 0.854. The number of carbonyl (C=O) groups excluding carboxylic acids is 1. The van der Waals surface area contributed by atoms with Crippen LogP contribution >= 0.6 is 0 Å². The molecule has 4 heterocycles. The van der Waals surface area contributed by atoms with Crippen LogP contribution in [0.4, 0.5) is 5.82 Å². The molecule has 53 heavy (non-hydrogen) atoms. The van der Waals surface area contributed by atoms with E-state index in [1.807, 2.05) is 12.1 Å². The minimum atomic E-state index is -0.857. The molecule has 1 unspecified atom stereocenters. The van der Waals surface area contributed by atoms with Crippen LogP contribution in [-0.4, -0.2) is 121 Å². The van der Waals surface area contributed by atoms with Gasteiger partial charge in [0.2, 0.25) is 11.5 Å². The molecule has 1 spiro atoms. The molecule has 0 radical (unpaired) electrons. The van der Waals surface area contributed by atoms with Crippen LogP contribution in [0.5, 0.6) is 11.5 Å². The number of morpholine rings is 1. The van der Waals surface area contributed by atoms with E-state index in [1.165, 1.54) is 23.3 Å². The lowest BCUT2D eigenvalue weighted by molar-refractivity contribution is -0.131. The molecule has 13 heteroatoms. The second-order valence-corrected chi connectivity index (χ2v) is 14.0. The van der Waals surface area contributed by atoms with Crippen molar-refractivity contribution in [1.82, 2.24) is 25.1 Å². The Bertz CT molecular complexity index is 1880. The van der Waals surface area contributed by atoms with Crippen LogP contribution in [0.15, 0.2) is 71.7 Å². The second-order valence-electron chi connectivity index (χ2n) is 14.0. The van der Waals surface area contributed by atoms with Gasteiger partial charge in [-0.2, -0.15) is 0 Å². The van der Waals surface area contributed by atoms with Gasteiger partial charge in [-0.05, 0) is 54.2 Å². The zero-order valence-corrected chi connectivity index (χ0v) is 30.8. The minimum Gasteiger partial charge on any atom is -0.506 e. The van der Waals surface area contributed by atoms with E-state index in [0.29, 0.717) is 55.8 Å². The fourth-order valence-corrected chi connectivity index (χ4v) is 7.22. The number of ether oxygens (including phenoxy) is 3. The number of carbonyl (C=O) groups is 1. The van der Waals surface area contributed by atoms with Gasteiger partial charge < -0.3 is 44.5 Å². The van der Waals surface area contributed by atoms with Crippen molar-refractivity contribution < 1.29 is 29.2 Å². The van der Waals surface area contributed by atoms with Crippen LogP contribution in [0, 0.1) is 0 Å². The number of fused-ring (bicyclic) bond motifs is 1. The number of hydrogen-bond donors (Lipinski definition) is 4. The van der Waals surface area contributed by atoms with E-state index < -0.39 is 6.10 Å². The summed E-state index contributed by atoms with van der Waals surface area (Å²) in [5, 5.41) is 24.6. The largest absolute Gasteiger partial charge is 0.506 e. The summed E-state index contributed by atoms with van der Waals surface area (Å²) in [6.45, 7) is 7.36. The number of phenolic OH excluding ortho intramolecular Hbond substituents is 1. The number of rotatable bonds is 16. The zero-order chi connectivity index (χ0) is 37.2. The van der Waals surface area contributed by atoms with Gasteiger partial charge in [-0.25, -0.2) is 4.98 Å². The van der Waals surface area contributed by atoms with Gasteiger partial charge in [-0.15, -0.1) is 0 Å². The van der Waals surface area contributed by atoms with E-state index in [-0.39, 0.29) is 29.4 Å². The first kappa shape index (κ1) is 38.2. The quantitative estimate of drug-likeness (QED) is 0.126. The molecule has 13 nitrogen and oxygen atoms in total. The molecule has 4 aromatic rings. The molecule has 2 saturated heterocycles. The van der Waals surface area contributed by atoms with E-state index in [9.17, 15) is 19.8 Å². The number of nitrogens with zero attached hydrogens (tertiary/aromatic N) is 4. The van der Waals surface area contributed by atoms with Gasteiger partial charge in [-0.3, -0.25) is 14.5 Å². The third-order valence-electron chi connectivity index (χ3n) is 10.3. The number of aromatic amines is 1. The molecular formula is C40H52N6O7. The number of likely N-dealkylation sites (tertiary alicyclic amines) is 1. The summed E-state index contributed by atoms with van der Waals surface area (Å²) < 4.78 is 17.6. The normalized spacial score (nSPS) is 16.5. The second kappa shape index (κ2) is 18.0. The number of aliphatic hydroxyl groups excluding tert-OH is 1. The highest BCUT2D eigenvalue weighted by molar-refractivity contribution is 5.87. The van der Waals surface area contributed by atoms with Crippen LogP contribution < -0.4 is 20.5 Å². The first-order valence-electron chi connectivity index (χ1n) is 18.5. The number of hydrogen-bond acceptors (Lipinski definition) is 11. The maximum atomic E-state index is 12.7. The Hall–Kier alpha value is -4.53. The van der Waals surface area contributed by atoms with Crippen LogP contribution in [0.2, 0.25) is 0 Å². The van der Waals surface area contributed by atoms with Crippen LogP contribution in [0.1, 0.15) is 42.1 Å². The molecule has 1 amide bonds. The molecule has 2 aliphatic rings. The number of piperidine rings is 1. The monoisotopic (exact) mass is 728 g/mol. The SMILES string of the molecule is COc1ccnc(N2CCOC3(CCN(Cc4cccc(CCOCCC(=O)N(C)CCNCC(O)c5ccc(O)c6[nH]c(=O)ccc56)c4)CC3)C2)c1. The first-order chi connectivity index (χ1) is 25.7. The highest BCUT2D eigenvalue weighted by Gasteiger charge is 2.40. The van der Waals surface area contributed by atoms with E-state index in [2.05, 4.69) is 49.4 Å². The summed E-state index contributed by atoms with van der Waals surface area (Å²) in [7, 11) is 3.44. The molecule has 0 bridgehead atoms. The maximum absolute atomic E-state index is 12.7. The number of aromatic nitrogens is 2.